The molecule has 0 aliphatic carbocycles. The molecule has 0 atom stereocenters. The number of ether oxygens (including phenoxy) is 2. The molecule has 0 radical (unpaired) electrons. The number of methoxy groups -OCH3 is 2. The van der Waals surface area contributed by atoms with Crippen LogP contribution in [-0.2, 0) is 11.3 Å². The number of benzene rings is 2. The molecule has 0 bridgehead atoms. The van der Waals surface area contributed by atoms with Crippen LogP contribution in [0.1, 0.15) is 22.8 Å². The summed E-state index contributed by atoms with van der Waals surface area (Å²) in [5, 5.41) is 9.18. The third kappa shape index (κ3) is 5.20. The van der Waals surface area contributed by atoms with Gasteiger partial charge in [-0.2, -0.15) is 0 Å². The van der Waals surface area contributed by atoms with E-state index in [1.165, 1.54) is 32.0 Å². The Labute approximate surface area is 190 Å². The van der Waals surface area contributed by atoms with Crippen molar-refractivity contribution in [3.63, 3.8) is 0 Å². The van der Waals surface area contributed by atoms with Gasteiger partial charge in [-0.15, -0.1) is 10.2 Å². The number of hydrazine groups is 1. The number of carbonyl (C=O) groups is 2. The summed E-state index contributed by atoms with van der Waals surface area (Å²) in [6.45, 7) is 4.68. The van der Waals surface area contributed by atoms with Gasteiger partial charge in [-0.3, -0.25) is 20.4 Å². The van der Waals surface area contributed by atoms with E-state index in [2.05, 4.69) is 21.0 Å². The number of amides is 2. The van der Waals surface area contributed by atoms with Crippen molar-refractivity contribution >= 4 is 23.6 Å². The fourth-order valence-electron chi connectivity index (χ4n) is 3.05. The molecule has 1 aromatic heterocycles. The van der Waals surface area contributed by atoms with Gasteiger partial charge in [0, 0.05) is 17.7 Å². The molecule has 0 aliphatic heterocycles. The minimum absolute atomic E-state index is 0.0676. The maximum absolute atomic E-state index is 12.3. The number of carbonyl (C=O) groups excluding carboxylic acids is 2. The van der Waals surface area contributed by atoms with Crippen LogP contribution < -0.4 is 20.3 Å². The molecule has 0 fully saturated rings. The Morgan fingerprint density at radius 3 is 2.47 bits per heavy atom. The van der Waals surface area contributed by atoms with Crippen molar-refractivity contribution in [3.05, 3.63) is 53.6 Å². The van der Waals surface area contributed by atoms with Gasteiger partial charge in [0.05, 0.1) is 20.0 Å². The molecule has 32 heavy (non-hydrogen) atoms. The highest BCUT2D eigenvalue weighted by Crippen LogP contribution is 2.28. The van der Waals surface area contributed by atoms with Crippen LogP contribution in [-0.4, -0.2) is 46.6 Å². The average molecular weight is 456 g/mol. The summed E-state index contributed by atoms with van der Waals surface area (Å²) in [6, 6.07) is 12.7. The van der Waals surface area contributed by atoms with Crippen LogP contribution in [0.5, 0.6) is 11.5 Å². The highest BCUT2D eigenvalue weighted by molar-refractivity contribution is 7.99. The fourth-order valence-corrected chi connectivity index (χ4v) is 3.85. The molecular formula is C22H25N5O4S. The molecule has 0 saturated carbocycles. The Hall–Kier alpha value is -3.53. The molecule has 0 unspecified atom stereocenters. The van der Waals surface area contributed by atoms with Crippen LogP contribution in [0.15, 0.2) is 47.6 Å². The summed E-state index contributed by atoms with van der Waals surface area (Å²) in [4.78, 5) is 24.6. The first-order valence-electron chi connectivity index (χ1n) is 9.91. The highest BCUT2D eigenvalue weighted by atomic mass is 32.2. The minimum Gasteiger partial charge on any atom is -0.493 e. The molecule has 3 aromatic rings. The Kier molecular flexibility index (Phi) is 7.72. The number of thioether (sulfide) groups is 1. The topological polar surface area (TPSA) is 107 Å². The van der Waals surface area contributed by atoms with Crippen molar-refractivity contribution in [1.82, 2.24) is 25.6 Å². The van der Waals surface area contributed by atoms with Gasteiger partial charge in [0.2, 0.25) is 5.91 Å². The zero-order chi connectivity index (χ0) is 23.1. The number of hydrogen-bond donors (Lipinski definition) is 2. The van der Waals surface area contributed by atoms with E-state index < -0.39 is 5.91 Å². The van der Waals surface area contributed by atoms with E-state index in [-0.39, 0.29) is 11.7 Å². The van der Waals surface area contributed by atoms with Crippen molar-refractivity contribution in [1.29, 1.82) is 0 Å². The lowest BCUT2D eigenvalue weighted by atomic mass is 10.1. The van der Waals surface area contributed by atoms with Crippen molar-refractivity contribution in [2.45, 2.75) is 25.5 Å². The Morgan fingerprint density at radius 2 is 1.78 bits per heavy atom. The van der Waals surface area contributed by atoms with Crippen molar-refractivity contribution in [2.75, 3.05) is 20.0 Å². The van der Waals surface area contributed by atoms with E-state index in [0.717, 1.165) is 17.0 Å². The Balaban J connectivity index is 1.59. The van der Waals surface area contributed by atoms with Gasteiger partial charge in [0.1, 0.15) is 0 Å². The predicted octanol–water partition coefficient (Wildman–Crippen LogP) is 2.84. The number of hydrogen-bond acceptors (Lipinski definition) is 7. The quantitative estimate of drug-likeness (QED) is 0.397. The molecule has 2 amide bonds. The van der Waals surface area contributed by atoms with Crippen molar-refractivity contribution in [2.24, 2.45) is 0 Å². The smallest absolute Gasteiger partial charge is 0.269 e. The first-order chi connectivity index (χ1) is 15.5. The van der Waals surface area contributed by atoms with Crippen LogP contribution in [0.25, 0.3) is 11.4 Å². The van der Waals surface area contributed by atoms with Gasteiger partial charge in [0.25, 0.3) is 5.91 Å². The molecule has 0 aliphatic rings. The van der Waals surface area contributed by atoms with Gasteiger partial charge in [0.15, 0.2) is 22.5 Å². The van der Waals surface area contributed by atoms with Gasteiger partial charge < -0.3 is 14.0 Å². The Morgan fingerprint density at radius 1 is 1.03 bits per heavy atom. The van der Waals surface area contributed by atoms with Crippen LogP contribution in [0.4, 0.5) is 0 Å². The summed E-state index contributed by atoms with van der Waals surface area (Å²) >= 11 is 1.25. The van der Waals surface area contributed by atoms with E-state index in [0.29, 0.717) is 28.8 Å². The molecule has 10 heteroatoms. The third-order valence-electron chi connectivity index (χ3n) is 4.71. The lowest BCUT2D eigenvalue weighted by molar-refractivity contribution is -0.119. The molecule has 168 valence electrons. The van der Waals surface area contributed by atoms with Crippen molar-refractivity contribution in [3.8, 4) is 22.9 Å². The summed E-state index contributed by atoms with van der Waals surface area (Å²) < 4.78 is 12.3. The number of nitrogens with zero attached hydrogens (tertiary/aromatic N) is 3. The second-order valence-electron chi connectivity index (χ2n) is 6.73. The standard InChI is InChI=1S/C22H25N5O4S/c1-5-27-20(16-9-7-6-8-14(16)2)24-26-22(27)32-13-19(28)23-25-21(29)15-10-11-17(30-3)18(12-15)31-4/h6-12H,5,13H2,1-4H3,(H,23,28)(H,25,29). The van der Waals surface area contributed by atoms with Crippen LogP contribution >= 0.6 is 11.8 Å². The van der Waals surface area contributed by atoms with E-state index in [1.807, 2.05) is 42.7 Å². The molecule has 0 spiro atoms. The summed E-state index contributed by atoms with van der Waals surface area (Å²) in [5.41, 5.74) is 7.24. The number of aryl methyl sites for hydroxylation is 1. The van der Waals surface area contributed by atoms with E-state index in [4.69, 9.17) is 9.47 Å². The third-order valence-corrected chi connectivity index (χ3v) is 5.68. The normalized spacial score (nSPS) is 10.5. The minimum atomic E-state index is -0.470. The van der Waals surface area contributed by atoms with E-state index >= 15 is 0 Å². The zero-order valence-corrected chi connectivity index (χ0v) is 19.2. The predicted molar refractivity (Wildman–Crippen MR) is 122 cm³/mol. The first-order valence-corrected chi connectivity index (χ1v) is 10.9. The summed E-state index contributed by atoms with van der Waals surface area (Å²) in [7, 11) is 3.00. The van der Waals surface area contributed by atoms with Gasteiger partial charge >= 0.3 is 0 Å². The number of nitrogens with one attached hydrogen (secondary N) is 2. The summed E-state index contributed by atoms with van der Waals surface area (Å²) in [6.07, 6.45) is 0. The molecule has 2 aromatic carbocycles. The van der Waals surface area contributed by atoms with E-state index in [1.54, 1.807) is 12.1 Å². The fraction of sp³-hybridized carbons (Fsp3) is 0.273. The average Bonchev–Trinajstić information content (AvgIpc) is 3.23. The van der Waals surface area contributed by atoms with Gasteiger partial charge in [-0.25, -0.2) is 0 Å². The Bertz CT molecular complexity index is 1120. The maximum Gasteiger partial charge on any atom is 0.269 e. The van der Waals surface area contributed by atoms with Gasteiger partial charge in [-0.1, -0.05) is 36.0 Å². The largest absolute Gasteiger partial charge is 0.493 e. The molecule has 9 nitrogen and oxygen atoms in total. The van der Waals surface area contributed by atoms with Crippen LogP contribution in [0, 0.1) is 6.92 Å². The zero-order valence-electron chi connectivity index (χ0n) is 18.3. The SMILES string of the molecule is CCn1c(SCC(=O)NNC(=O)c2ccc(OC)c(OC)c2)nnc1-c1ccccc1C. The molecular weight excluding hydrogens is 430 g/mol. The lowest BCUT2D eigenvalue weighted by Crippen LogP contribution is -2.42. The monoisotopic (exact) mass is 455 g/mol. The molecule has 0 saturated heterocycles. The second kappa shape index (κ2) is 10.7. The maximum atomic E-state index is 12.3. The number of rotatable bonds is 8. The van der Waals surface area contributed by atoms with E-state index in [9.17, 15) is 9.59 Å². The first kappa shape index (κ1) is 23.1. The molecule has 2 N–H and O–H groups in total. The molecule has 1 heterocycles. The van der Waals surface area contributed by atoms with Crippen LogP contribution in [0.3, 0.4) is 0 Å². The molecule has 3 rings (SSSR count). The van der Waals surface area contributed by atoms with Gasteiger partial charge in [-0.05, 0) is 37.6 Å². The highest BCUT2D eigenvalue weighted by Gasteiger charge is 2.16. The lowest BCUT2D eigenvalue weighted by Gasteiger charge is -2.11. The van der Waals surface area contributed by atoms with Crippen molar-refractivity contribution < 1.29 is 19.1 Å². The second-order valence-corrected chi connectivity index (χ2v) is 7.67. The number of aromatic nitrogens is 3. The van der Waals surface area contributed by atoms with Crippen LogP contribution in [0.2, 0.25) is 0 Å². The summed E-state index contributed by atoms with van der Waals surface area (Å²) in [5.74, 6) is 0.919.